The summed E-state index contributed by atoms with van der Waals surface area (Å²) in [5.41, 5.74) is 9.51. The van der Waals surface area contributed by atoms with E-state index in [1.54, 1.807) is 53.6 Å². The SMILES string of the molecule is CNC(=O)c1cnc(Cl)cc1Cl.CNC(=O)c1cnc(Cl)cc1Nc1cccc(-c2nnn(C)n2)c1OC.COc1c(N)cccc1-c1nnn(C)n1. The lowest BCUT2D eigenvalue weighted by atomic mass is 10.1. The number of nitrogens with two attached hydrogens (primary N) is 1. The Morgan fingerprint density at radius 2 is 1.23 bits per heavy atom. The summed E-state index contributed by atoms with van der Waals surface area (Å²) >= 11 is 17.2. The fourth-order valence-corrected chi connectivity index (χ4v) is 5.09. The first kappa shape index (κ1) is 39.7. The second kappa shape index (κ2) is 18.4. The number of aromatic nitrogens is 10. The highest BCUT2D eigenvalue weighted by Crippen LogP contribution is 2.37. The van der Waals surface area contributed by atoms with Crippen LogP contribution in [0.5, 0.6) is 11.5 Å². The number of methoxy groups -OCH3 is 2. The maximum absolute atomic E-state index is 12.1. The standard InChI is InChI=1S/C16H16ClN7O2.C9H11N5O.C7H6Cl2N2O/c1-18-16(25)10-8-19-13(17)7-12(10)20-11-6-4-5-9(14(11)26-3)15-21-23-24(2)22-15;1-14-12-9(11-13-14)6-4-3-5-7(10)8(6)15-2;1-10-7(12)4-3-11-6(9)2-5(4)8/h4-8H,1-3H3,(H,18,25)(H,19,20);3-5H,10H2,1-2H3;2-3H,1H3,(H,10,12). The Kier molecular flexibility index (Phi) is 13.8. The molecule has 2 aromatic carbocycles. The van der Waals surface area contributed by atoms with E-state index in [0.29, 0.717) is 61.9 Å². The summed E-state index contributed by atoms with van der Waals surface area (Å²) in [4.78, 5) is 33.6. The fourth-order valence-electron chi connectivity index (χ4n) is 4.48. The first-order chi connectivity index (χ1) is 25.4. The maximum atomic E-state index is 12.1. The van der Waals surface area contributed by atoms with E-state index in [1.165, 1.54) is 35.1 Å². The highest BCUT2D eigenvalue weighted by Gasteiger charge is 2.18. The predicted molar refractivity (Wildman–Crippen MR) is 200 cm³/mol. The number of nitrogens with zero attached hydrogens (tertiary/aromatic N) is 10. The number of tetrazole rings is 2. The number of halogens is 3. The van der Waals surface area contributed by atoms with Crippen LogP contribution in [-0.2, 0) is 14.1 Å². The van der Waals surface area contributed by atoms with Crippen LogP contribution in [0.2, 0.25) is 15.3 Å². The molecule has 18 nitrogen and oxygen atoms in total. The van der Waals surface area contributed by atoms with Crippen LogP contribution in [0.4, 0.5) is 17.1 Å². The Morgan fingerprint density at radius 1 is 0.717 bits per heavy atom. The van der Waals surface area contributed by atoms with E-state index in [0.717, 1.165) is 5.56 Å². The number of carbonyl (C=O) groups excluding carboxylic acids is 2. The van der Waals surface area contributed by atoms with Crippen molar-refractivity contribution in [2.45, 2.75) is 0 Å². The van der Waals surface area contributed by atoms with Crippen LogP contribution < -0.4 is 31.2 Å². The van der Waals surface area contributed by atoms with E-state index in [-0.39, 0.29) is 22.1 Å². The minimum absolute atomic E-state index is 0.255. The normalized spacial score (nSPS) is 10.2. The van der Waals surface area contributed by atoms with E-state index < -0.39 is 0 Å². The zero-order valence-electron chi connectivity index (χ0n) is 29.1. The highest BCUT2D eigenvalue weighted by molar-refractivity contribution is 6.36. The van der Waals surface area contributed by atoms with Crippen molar-refractivity contribution in [1.29, 1.82) is 0 Å². The van der Waals surface area contributed by atoms with Gasteiger partial charge in [0.25, 0.3) is 11.8 Å². The van der Waals surface area contributed by atoms with Gasteiger partial charge in [-0.2, -0.15) is 9.59 Å². The number of rotatable bonds is 8. The summed E-state index contributed by atoms with van der Waals surface area (Å²) in [6, 6.07) is 13.9. The second-order valence-electron chi connectivity index (χ2n) is 10.3. The quantitative estimate of drug-likeness (QED) is 0.125. The summed E-state index contributed by atoms with van der Waals surface area (Å²) in [5.74, 6) is 1.45. The van der Waals surface area contributed by atoms with Crippen molar-refractivity contribution in [3.63, 3.8) is 0 Å². The van der Waals surface area contributed by atoms with Crippen LogP contribution >= 0.6 is 34.8 Å². The number of hydrogen-bond acceptors (Lipinski definition) is 14. The van der Waals surface area contributed by atoms with E-state index in [4.69, 9.17) is 50.0 Å². The predicted octanol–water partition coefficient (Wildman–Crippen LogP) is 4.25. The van der Waals surface area contributed by atoms with Crippen molar-refractivity contribution in [2.75, 3.05) is 39.4 Å². The van der Waals surface area contributed by atoms with Crippen molar-refractivity contribution in [2.24, 2.45) is 14.1 Å². The number of pyridine rings is 2. The summed E-state index contributed by atoms with van der Waals surface area (Å²) in [6.07, 6.45) is 2.74. The van der Waals surface area contributed by atoms with Gasteiger partial charge in [0.05, 0.1) is 72.7 Å². The molecule has 0 radical (unpaired) electrons. The van der Waals surface area contributed by atoms with Gasteiger partial charge in [-0.05, 0) is 46.8 Å². The summed E-state index contributed by atoms with van der Waals surface area (Å²) in [7, 11) is 9.55. The van der Waals surface area contributed by atoms with Gasteiger partial charge in [-0.25, -0.2) is 9.97 Å². The molecule has 0 aliphatic heterocycles. The monoisotopic (exact) mass is 782 g/mol. The number of aryl methyl sites for hydroxylation is 2. The van der Waals surface area contributed by atoms with Gasteiger partial charge in [-0.15, -0.1) is 20.4 Å². The number of hydrogen-bond donors (Lipinski definition) is 4. The van der Waals surface area contributed by atoms with Gasteiger partial charge >= 0.3 is 0 Å². The van der Waals surface area contributed by atoms with Crippen LogP contribution in [0.25, 0.3) is 22.8 Å². The zero-order valence-corrected chi connectivity index (χ0v) is 31.4. The topological polar surface area (TPSA) is 228 Å². The lowest BCUT2D eigenvalue weighted by Crippen LogP contribution is -2.19. The minimum Gasteiger partial charge on any atom is -0.494 e. The Labute approximate surface area is 318 Å². The molecule has 0 fully saturated rings. The van der Waals surface area contributed by atoms with E-state index >= 15 is 0 Å². The number of nitrogen functional groups attached to an aromatic ring is 1. The Bertz CT molecular complexity index is 2210. The van der Waals surface area contributed by atoms with Crippen LogP contribution in [0.3, 0.4) is 0 Å². The van der Waals surface area contributed by atoms with Gasteiger partial charge in [0.15, 0.2) is 11.5 Å². The third-order valence-electron chi connectivity index (χ3n) is 6.87. The average Bonchev–Trinajstić information content (AvgIpc) is 3.79. The largest absolute Gasteiger partial charge is 0.494 e. The molecule has 0 saturated carbocycles. The molecule has 53 heavy (non-hydrogen) atoms. The molecule has 0 unspecified atom stereocenters. The second-order valence-corrected chi connectivity index (χ2v) is 11.5. The molecule has 0 aliphatic rings. The molecular weight excluding hydrogens is 751 g/mol. The molecule has 0 bridgehead atoms. The molecule has 0 aliphatic carbocycles. The number of nitrogens with one attached hydrogen (secondary N) is 3. The van der Waals surface area contributed by atoms with Gasteiger partial charge in [0.1, 0.15) is 10.3 Å². The number of ether oxygens (including phenoxy) is 2. The van der Waals surface area contributed by atoms with Gasteiger partial charge in [-0.3, -0.25) is 9.59 Å². The minimum atomic E-state index is -0.289. The summed E-state index contributed by atoms with van der Waals surface area (Å²) in [5, 5.41) is 32.8. The van der Waals surface area contributed by atoms with Crippen molar-refractivity contribution < 1.29 is 19.1 Å². The molecule has 6 aromatic rings. The smallest absolute Gasteiger partial charge is 0.254 e. The molecular formula is C32H33Cl3N14O4. The van der Waals surface area contributed by atoms with Crippen molar-refractivity contribution in [1.82, 2.24) is 61.0 Å². The lowest BCUT2D eigenvalue weighted by molar-refractivity contribution is 0.0955. The Hall–Kier alpha value is -6.11. The van der Waals surface area contributed by atoms with Gasteiger partial charge in [-0.1, -0.05) is 46.9 Å². The van der Waals surface area contributed by atoms with Crippen molar-refractivity contribution in [3.05, 3.63) is 87.4 Å². The van der Waals surface area contributed by atoms with Crippen LogP contribution in [-0.4, -0.2) is 90.5 Å². The molecule has 0 atom stereocenters. The van der Waals surface area contributed by atoms with E-state index in [1.807, 2.05) is 24.3 Å². The molecule has 276 valence electrons. The Balaban J connectivity index is 0.000000196. The number of amides is 2. The van der Waals surface area contributed by atoms with Gasteiger partial charge in [0, 0.05) is 26.5 Å². The maximum Gasteiger partial charge on any atom is 0.254 e. The number of benzene rings is 2. The summed E-state index contributed by atoms with van der Waals surface area (Å²) < 4.78 is 10.7. The number of anilines is 3. The zero-order chi connectivity index (χ0) is 38.7. The number of carbonyl (C=O) groups is 2. The molecule has 21 heteroatoms. The van der Waals surface area contributed by atoms with Gasteiger partial charge in [0.2, 0.25) is 11.6 Å². The molecule has 0 saturated heterocycles. The van der Waals surface area contributed by atoms with Crippen LogP contribution in [0, 0.1) is 0 Å². The molecule has 5 N–H and O–H groups in total. The van der Waals surface area contributed by atoms with Crippen molar-refractivity contribution in [3.8, 4) is 34.3 Å². The number of para-hydroxylation sites is 2. The molecule has 4 heterocycles. The third kappa shape index (κ3) is 10.0. The van der Waals surface area contributed by atoms with E-state index in [2.05, 4.69) is 56.7 Å². The third-order valence-corrected chi connectivity index (χ3v) is 7.60. The first-order valence-corrected chi connectivity index (χ1v) is 16.3. The molecule has 0 spiro atoms. The van der Waals surface area contributed by atoms with E-state index in [9.17, 15) is 9.59 Å². The lowest BCUT2D eigenvalue weighted by Gasteiger charge is -2.15. The highest BCUT2D eigenvalue weighted by atomic mass is 35.5. The van der Waals surface area contributed by atoms with Crippen molar-refractivity contribution >= 4 is 63.7 Å². The molecule has 6 rings (SSSR count). The molecule has 2 amide bonds. The summed E-state index contributed by atoms with van der Waals surface area (Å²) in [6.45, 7) is 0. The fraction of sp³-hybridized carbons (Fsp3) is 0.188. The van der Waals surface area contributed by atoms with Gasteiger partial charge < -0.3 is 31.2 Å². The van der Waals surface area contributed by atoms with Crippen LogP contribution in [0.15, 0.2) is 60.9 Å². The Morgan fingerprint density at radius 3 is 1.74 bits per heavy atom. The first-order valence-electron chi connectivity index (χ1n) is 15.2. The van der Waals surface area contributed by atoms with Crippen LogP contribution in [0.1, 0.15) is 20.7 Å². The molecule has 4 aromatic heterocycles. The average molecular weight is 784 g/mol.